The molecule has 0 aromatic heterocycles. The molecule has 12 nitrogen and oxygen atoms in total. The first-order valence-corrected chi connectivity index (χ1v) is 18.6. The maximum absolute atomic E-state index is 13.8. The second-order valence-corrected chi connectivity index (χ2v) is 16.5. The molecule has 12 heteroatoms. The van der Waals surface area contributed by atoms with E-state index in [1.54, 1.807) is 6.92 Å². The summed E-state index contributed by atoms with van der Waals surface area (Å²) >= 11 is 0. The van der Waals surface area contributed by atoms with E-state index in [0.717, 1.165) is 38.4 Å². The summed E-state index contributed by atoms with van der Waals surface area (Å²) in [4.78, 5) is 51.2. The Morgan fingerprint density at radius 1 is 1.06 bits per heavy atom. The van der Waals surface area contributed by atoms with Crippen molar-refractivity contribution in [2.75, 3.05) is 13.7 Å². The Bertz CT molecular complexity index is 1290. The van der Waals surface area contributed by atoms with E-state index in [-0.39, 0.29) is 42.6 Å². The van der Waals surface area contributed by atoms with Crippen molar-refractivity contribution in [2.24, 2.45) is 51.8 Å². The third-order valence-electron chi connectivity index (χ3n) is 14.1. The minimum Gasteiger partial charge on any atom is -0.481 e. The van der Waals surface area contributed by atoms with Gasteiger partial charge in [-0.2, -0.15) is 0 Å². The first-order chi connectivity index (χ1) is 23.3. The molecule has 4 aliphatic carbocycles. The Labute approximate surface area is 288 Å². The normalized spacial score (nSPS) is 46.7. The predicted octanol–water partition coefficient (Wildman–Crippen LogP) is 4.58. The van der Waals surface area contributed by atoms with Gasteiger partial charge in [-0.3, -0.25) is 9.59 Å². The standard InChI is InChI=1S/C37H56O12/c1-20(2)26-15-23-16-34(18-38)25-14-13-21(3)24(25)17-35(23,36(26,34)33(43)44)19-46-32-29(41)37(30(45-5)22(4)47-32)48-27(31(42)49-37)11-9-7-6-8-10-12-28(39)40/h18,20-27,29-30,32,41H,6-17,19H2,1-5H3,(H,39,40)(H,43,44)/t21-,22-,23-,24-,25-,26?,27+,29-,30-,32-,34+,35+,36+,37-/m1/s1. The van der Waals surface area contributed by atoms with E-state index in [1.807, 2.05) is 0 Å². The lowest BCUT2D eigenvalue weighted by atomic mass is 9.42. The average Bonchev–Trinajstić information content (AvgIpc) is 3.72. The molecule has 4 bridgehead atoms. The highest BCUT2D eigenvalue weighted by atomic mass is 16.8. The lowest BCUT2D eigenvalue weighted by molar-refractivity contribution is -0.386. The number of carboxylic acids is 2. The first-order valence-electron chi connectivity index (χ1n) is 18.6. The van der Waals surface area contributed by atoms with Crippen LogP contribution in [0, 0.1) is 51.8 Å². The molecular weight excluding hydrogens is 636 g/mol. The van der Waals surface area contributed by atoms with Gasteiger partial charge in [0.15, 0.2) is 24.6 Å². The van der Waals surface area contributed by atoms with Crippen molar-refractivity contribution in [2.45, 2.75) is 141 Å². The summed E-state index contributed by atoms with van der Waals surface area (Å²) < 4.78 is 30.6. The maximum atomic E-state index is 13.8. The average molecular weight is 693 g/mol. The van der Waals surface area contributed by atoms with Crippen molar-refractivity contribution in [1.29, 1.82) is 0 Å². The number of aliphatic carboxylic acids is 2. The monoisotopic (exact) mass is 692 g/mol. The van der Waals surface area contributed by atoms with E-state index in [9.17, 15) is 29.4 Å². The highest BCUT2D eigenvalue weighted by molar-refractivity contribution is 5.86. The fourth-order valence-corrected chi connectivity index (χ4v) is 12.2. The van der Waals surface area contributed by atoms with Gasteiger partial charge in [0.05, 0.1) is 18.1 Å². The number of rotatable bonds is 15. The quantitative estimate of drug-likeness (QED) is 0.124. The lowest BCUT2D eigenvalue weighted by Gasteiger charge is -2.60. The molecule has 2 saturated heterocycles. The molecule has 14 atom stereocenters. The van der Waals surface area contributed by atoms with Crippen molar-refractivity contribution in [3.8, 4) is 0 Å². The minimum absolute atomic E-state index is 0.0137. The number of hydrogen-bond donors (Lipinski definition) is 3. The number of esters is 1. The summed E-state index contributed by atoms with van der Waals surface area (Å²) in [6.45, 7) is 8.04. The number of aldehydes is 1. The van der Waals surface area contributed by atoms with Gasteiger partial charge >= 0.3 is 17.9 Å². The number of carbonyl (C=O) groups excluding carboxylic acids is 2. The molecule has 0 radical (unpaired) electrons. The fourth-order valence-electron chi connectivity index (χ4n) is 12.2. The molecule has 6 rings (SSSR count). The van der Waals surface area contributed by atoms with Gasteiger partial charge in [0.2, 0.25) is 0 Å². The van der Waals surface area contributed by atoms with Crippen LogP contribution in [0.3, 0.4) is 0 Å². The highest BCUT2D eigenvalue weighted by Crippen LogP contribution is 2.84. The molecule has 0 aromatic rings. The Hall–Kier alpha value is -2.12. The second kappa shape index (κ2) is 13.5. The molecule has 2 heterocycles. The fraction of sp³-hybridized carbons (Fsp3) is 0.892. The number of fused-ring (bicyclic) bond motifs is 2. The van der Waals surface area contributed by atoms with Gasteiger partial charge in [0.1, 0.15) is 6.29 Å². The van der Waals surface area contributed by atoms with Crippen molar-refractivity contribution in [3.63, 3.8) is 0 Å². The van der Waals surface area contributed by atoms with Crippen molar-refractivity contribution < 1.29 is 58.2 Å². The summed E-state index contributed by atoms with van der Waals surface area (Å²) in [5.41, 5.74) is -3.13. The molecular formula is C37H56O12. The third kappa shape index (κ3) is 5.24. The molecule has 6 fully saturated rings. The zero-order valence-corrected chi connectivity index (χ0v) is 29.6. The van der Waals surface area contributed by atoms with Gasteiger partial charge in [-0.25, -0.2) is 4.79 Å². The van der Waals surface area contributed by atoms with E-state index >= 15 is 0 Å². The van der Waals surface area contributed by atoms with Gasteiger partial charge in [0, 0.05) is 24.4 Å². The molecule has 1 unspecified atom stereocenters. The highest BCUT2D eigenvalue weighted by Gasteiger charge is 2.86. The first kappa shape index (κ1) is 36.7. The van der Waals surface area contributed by atoms with Crippen molar-refractivity contribution in [1.82, 2.24) is 0 Å². The van der Waals surface area contributed by atoms with E-state index in [1.165, 1.54) is 7.11 Å². The van der Waals surface area contributed by atoms with Crippen LogP contribution in [0.1, 0.15) is 105 Å². The van der Waals surface area contributed by atoms with Crippen molar-refractivity contribution >= 4 is 24.2 Å². The summed E-state index contributed by atoms with van der Waals surface area (Å²) in [6, 6.07) is 0. The Morgan fingerprint density at radius 2 is 1.78 bits per heavy atom. The van der Waals surface area contributed by atoms with Crippen LogP contribution in [0.2, 0.25) is 0 Å². The van der Waals surface area contributed by atoms with Crippen LogP contribution in [-0.2, 0) is 42.9 Å². The maximum Gasteiger partial charge on any atom is 0.338 e. The molecule has 1 spiro atoms. The van der Waals surface area contributed by atoms with Crippen LogP contribution in [0.5, 0.6) is 0 Å². The third-order valence-corrected chi connectivity index (χ3v) is 14.1. The topological polar surface area (TPSA) is 175 Å². The number of hydrogen-bond acceptors (Lipinski definition) is 10. The van der Waals surface area contributed by atoms with Crippen LogP contribution in [0.25, 0.3) is 0 Å². The molecule has 49 heavy (non-hydrogen) atoms. The SMILES string of the molecule is CO[C@@H]1[C@@H](C)O[C@@H](OC[C@@]23C[C@@H]4[C@H](C)CC[C@H]4[C@@]4(C=O)C[C@H]2CC(C(C)C)[C@@]34C(=O)O)[C@@H](O)[C@@]12OC(=O)[C@H](CCCCCCCC(=O)O)O2. The van der Waals surface area contributed by atoms with Gasteiger partial charge in [-0.15, -0.1) is 0 Å². The van der Waals surface area contributed by atoms with Crippen molar-refractivity contribution in [3.05, 3.63) is 0 Å². The molecule has 3 N–H and O–H groups in total. The summed E-state index contributed by atoms with van der Waals surface area (Å²) in [6.07, 6.45) is 3.36. The molecule has 6 aliphatic rings. The largest absolute Gasteiger partial charge is 0.481 e. The molecule has 276 valence electrons. The van der Waals surface area contributed by atoms with Crippen LogP contribution >= 0.6 is 0 Å². The number of carboxylic acid groups (broad SMARTS) is 2. The van der Waals surface area contributed by atoms with Gasteiger partial charge in [-0.05, 0) is 81.0 Å². The molecule has 0 amide bonds. The summed E-state index contributed by atoms with van der Waals surface area (Å²) in [5.74, 6) is -3.84. The van der Waals surface area contributed by atoms with Gasteiger partial charge in [-0.1, -0.05) is 52.9 Å². The second-order valence-electron chi connectivity index (χ2n) is 16.5. The minimum atomic E-state index is -1.89. The van der Waals surface area contributed by atoms with E-state index in [0.29, 0.717) is 44.4 Å². The van der Waals surface area contributed by atoms with E-state index in [2.05, 4.69) is 20.8 Å². The smallest absolute Gasteiger partial charge is 0.338 e. The number of methoxy groups -OCH3 is 1. The Kier molecular flexibility index (Phi) is 10.1. The van der Waals surface area contributed by atoms with Crippen LogP contribution in [0.15, 0.2) is 0 Å². The van der Waals surface area contributed by atoms with E-state index in [4.69, 9.17) is 28.8 Å². The number of carbonyl (C=O) groups is 4. The summed E-state index contributed by atoms with van der Waals surface area (Å²) in [5, 5.41) is 32.0. The Balaban J connectivity index is 1.23. The predicted molar refractivity (Wildman–Crippen MR) is 173 cm³/mol. The molecule has 2 aliphatic heterocycles. The number of ether oxygens (including phenoxy) is 5. The van der Waals surface area contributed by atoms with Gasteiger partial charge in [0.25, 0.3) is 5.79 Å². The Morgan fingerprint density at radius 3 is 2.43 bits per heavy atom. The van der Waals surface area contributed by atoms with Crippen LogP contribution in [0.4, 0.5) is 0 Å². The summed E-state index contributed by atoms with van der Waals surface area (Å²) in [7, 11) is 1.43. The number of aliphatic hydroxyl groups excluding tert-OH is 1. The lowest BCUT2D eigenvalue weighted by Crippen LogP contribution is -2.68. The van der Waals surface area contributed by atoms with Crippen LogP contribution < -0.4 is 0 Å². The van der Waals surface area contributed by atoms with Crippen LogP contribution in [-0.4, -0.2) is 89.7 Å². The number of aliphatic hydroxyl groups is 1. The zero-order chi connectivity index (χ0) is 35.5. The van der Waals surface area contributed by atoms with Gasteiger partial charge < -0.3 is 43.8 Å². The number of unbranched alkanes of at least 4 members (excludes halogenated alkanes) is 4. The molecule has 0 aromatic carbocycles. The molecule has 4 saturated carbocycles. The zero-order valence-electron chi connectivity index (χ0n) is 29.6. The van der Waals surface area contributed by atoms with E-state index < -0.39 is 70.6 Å².